The van der Waals surface area contributed by atoms with Gasteiger partial charge in [0.25, 0.3) is 0 Å². The van der Waals surface area contributed by atoms with E-state index in [2.05, 4.69) is 16.3 Å². The summed E-state index contributed by atoms with van der Waals surface area (Å²) >= 11 is 2.47. The van der Waals surface area contributed by atoms with Gasteiger partial charge in [0.1, 0.15) is 11.6 Å². The molecule has 0 saturated heterocycles. The van der Waals surface area contributed by atoms with Crippen LogP contribution >= 0.6 is 23.1 Å². The number of thioether (sulfide) groups is 1. The van der Waals surface area contributed by atoms with Crippen molar-refractivity contribution in [3.63, 3.8) is 0 Å². The largest absolute Gasteiger partial charge is 0.497 e. The predicted octanol–water partition coefficient (Wildman–Crippen LogP) is 3.51. The van der Waals surface area contributed by atoms with Crippen LogP contribution < -0.4 is 15.4 Å². The van der Waals surface area contributed by atoms with Crippen LogP contribution in [0.2, 0.25) is 0 Å². The van der Waals surface area contributed by atoms with Crippen molar-refractivity contribution >= 4 is 40.0 Å². The molecule has 0 bridgehead atoms. The van der Waals surface area contributed by atoms with Crippen LogP contribution in [0.15, 0.2) is 51.3 Å². The van der Waals surface area contributed by atoms with Gasteiger partial charge in [0.15, 0.2) is 10.1 Å². The third-order valence-electron chi connectivity index (χ3n) is 5.57. The van der Waals surface area contributed by atoms with Gasteiger partial charge < -0.3 is 15.2 Å². The maximum absolute atomic E-state index is 13.2. The number of esters is 1. The maximum Gasteiger partial charge on any atom is 0.316 e. The molecule has 4 rings (SSSR count). The Morgan fingerprint density at radius 3 is 2.76 bits per heavy atom. The van der Waals surface area contributed by atoms with Gasteiger partial charge in [-0.3, -0.25) is 14.5 Å². The normalized spacial score (nSPS) is 18.0. The molecular formula is C23H23N5O4S2. The summed E-state index contributed by atoms with van der Waals surface area (Å²) in [4.78, 5) is 26.5. The second kappa shape index (κ2) is 10.3. The quantitative estimate of drug-likeness (QED) is 0.448. The molecule has 2 heterocycles. The average molecular weight is 498 g/mol. The zero-order valence-electron chi connectivity index (χ0n) is 18.7. The minimum atomic E-state index is -0.555. The number of nitrogens with zero attached hydrogens (tertiary/aromatic N) is 4. The van der Waals surface area contributed by atoms with E-state index in [0.717, 1.165) is 11.3 Å². The van der Waals surface area contributed by atoms with Gasteiger partial charge in [-0.05, 0) is 37.5 Å². The number of ether oxygens (including phenoxy) is 2. The molecule has 2 aromatic rings. The van der Waals surface area contributed by atoms with Crippen molar-refractivity contribution in [2.45, 2.75) is 36.4 Å². The number of methoxy groups -OCH3 is 1. The first-order valence-corrected chi connectivity index (χ1v) is 12.5. The van der Waals surface area contributed by atoms with E-state index in [4.69, 9.17) is 15.2 Å². The van der Waals surface area contributed by atoms with Crippen LogP contribution in [0.1, 0.15) is 37.7 Å². The molecule has 1 atom stereocenters. The monoisotopic (exact) mass is 497 g/mol. The van der Waals surface area contributed by atoms with Gasteiger partial charge in [0.2, 0.25) is 5.13 Å². The van der Waals surface area contributed by atoms with E-state index in [9.17, 15) is 14.9 Å². The molecule has 0 spiro atoms. The first-order valence-electron chi connectivity index (χ1n) is 10.7. The summed E-state index contributed by atoms with van der Waals surface area (Å²) in [6, 6.07) is 9.54. The summed E-state index contributed by atoms with van der Waals surface area (Å²) in [6.45, 7) is 2.06. The molecule has 11 heteroatoms. The summed E-state index contributed by atoms with van der Waals surface area (Å²) in [5, 5.41) is 18.9. The molecule has 1 aliphatic carbocycles. The van der Waals surface area contributed by atoms with Crippen LogP contribution in [-0.4, -0.2) is 41.4 Å². The van der Waals surface area contributed by atoms with Crippen molar-refractivity contribution in [2.24, 2.45) is 5.73 Å². The third kappa shape index (κ3) is 4.51. The van der Waals surface area contributed by atoms with Gasteiger partial charge in [-0.2, -0.15) is 5.26 Å². The van der Waals surface area contributed by atoms with Crippen LogP contribution in [0.4, 0.5) is 5.13 Å². The molecule has 1 unspecified atom stereocenters. The molecule has 1 aromatic heterocycles. The van der Waals surface area contributed by atoms with E-state index in [1.165, 1.54) is 23.1 Å². The summed E-state index contributed by atoms with van der Waals surface area (Å²) in [5.74, 6) is 0.133. The van der Waals surface area contributed by atoms with E-state index in [0.29, 0.717) is 46.7 Å². The number of hydrogen-bond donors (Lipinski definition) is 1. The maximum atomic E-state index is 13.2. The summed E-state index contributed by atoms with van der Waals surface area (Å²) < 4.78 is 10.8. The summed E-state index contributed by atoms with van der Waals surface area (Å²) in [5.41, 5.74) is 8.94. The fourth-order valence-corrected chi connectivity index (χ4v) is 5.79. The van der Waals surface area contributed by atoms with E-state index in [1.54, 1.807) is 31.1 Å². The lowest BCUT2D eigenvalue weighted by Gasteiger charge is -2.38. The number of benzene rings is 1. The molecular weight excluding hydrogens is 474 g/mol. The van der Waals surface area contributed by atoms with Gasteiger partial charge in [-0.25, -0.2) is 0 Å². The van der Waals surface area contributed by atoms with Crippen LogP contribution in [0.25, 0.3) is 0 Å². The van der Waals surface area contributed by atoms with E-state index in [-0.39, 0.29) is 28.9 Å². The number of nitrogens with two attached hydrogens (primary N) is 1. The van der Waals surface area contributed by atoms with Crippen molar-refractivity contribution in [3.8, 4) is 11.8 Å². The van der Waals surface area contributed by atoms with Crippen molar-refractivity contribution in [3.05, 3.63) is 52.5 Å². The van der Waals surface area contributed by atoms with Gasteiger partial charge in [0.05, 0.1) is 37.0 Å². The number of carbonyl (C=O) groups excluding carboxylic acids is 2. The fourth-order valence-electron chi connectivity index (χ4n) is 4.11. The third-order valence-corrected chi connectivity index (χ3v) is 7.58. The van der Waals surface area contributed by atoms with Gasteiger partial charge in [-0.15, -0.1) is 10.2 Å². The average Bonchev–Trinajstić information content (AvgIpc) is 3.31. The first kappa shape index (κ1) is 23.8. The molecule has 9 nitrogen and oxygen atoms in total. The summed E-state index contributed by atoms with van der Waals surface area (Å²) in [7, 11) is 1.58. The molecule has 176 valence electrons. The number of nitriles is 1. The number of aromatic nitrogens is 2. The Hall–Kier alpha value is -3.36. The molecule has 0 fully saturated rings. The number of Topliss-reactive ketones (excluding diaryl/α,β-unsaturated/α-hetero) is 1. The zero-order valence-corrected chi connectivity index (χ0v) is 20.4. The number of ketones is 1. The number of carbonyl (C=O) groups is 2. The molecule has 34 heavy (non-hydrogen) atoms. The van der Waals surface area contributed by atoms with Gasteiger partial charge >= 0.3 is 5.97 Å². The fraction of sp³-hybridized carbons (Fsp3) is 0.348. The van der Waals surface area contributed by atoms with Crippen molar-refractivity contribution in [1.29, 1.82) is 5.26 Å². The molecule has 2 aliphatic rings. The van der Waals surface area contributed by atoms with Crippen LogP contribution in [-0.2, 0) is 14.3 Å². The Kier molecular flexibility index (Phi) is 7.19. The Morgan fingerprint density at radius 1 is 1.32 bits per heavy atom. The van der Waals surface area contributed by atoms with Gasteiger partial charge in [0, 0.05) is 17.7 Å². The summed E-state index contributed by atoms with van der Waals surface area (Å²) in [6.07, 6.45) is 1.72. The second-order valence-corrected chi connectivity index (χ2v) is 9.71. The first-order chi connectivity index (χ1) is 16.5. The molecule has 0 saturated carbocycles. The molecule has 1 aromatic carbocycles. The highest BCUT2D eigenvalue weighted by molar-refractivity contribution is 8.01. The zero-order chi connectivity index (χ0) is 24.2. The highest BCUT2D eigenvalue weighted by Crippen LogP contribution is 2.47. The Bertz CT molecular complexity index is 1210. The highest BCUT2D eigenvalue weighted by atomic mass is 32.2. The highest BCUT2D eigenvalue weighted by Gasteiger charge is 2.41. The number of rotatable bonds is 7. The van der Waals surface area contributed by atoms with Crippen molar-refractivity contribution in [2.75, 3.05) is 24.4 Å². The topological polar surface area (TPSA) is 131 Å². The van der Waals surface area contributed by atoms with Crippen LogP contribution in [0.3, 0.4) is 0 Å². The predicted molar refractivity (Wildman–Crippen MR) is 128 cm³/mol. The lowest BCUT2D eigenvalue weighted by atomic mass is 9.76. The number of anilines is 1. The molecule has 2 N–H and O–H groups in total. The Morgan fingerprint density at radius 2 is 2.09 bits per heavy atom. The molecule has 1 aliphatic heterocycles. The number of allylic oxidation sites excluding steroid dienone is 3. The number of hydrogen-bond acceptors (Lipinski definition) is 11. The molecule has 0 amide bonds. The van der Waals surface area contributed by atoms with Crippen molar-refractivity contribution in [1.82, 2.24) is 10.2 Å². The smallest absolute Gasteiger partial charge is 0.316 e. The molecule has 0 radical (unpaired) electrons. The minimum absolute atomic E-state index is 0.00579. The van der Waals surface area contributed by atoms with Crippen LogP contribution in [0.5, 0.6) is 5.75 Å². The SMILES string of the molecule is CCOC(=O)CSc1nnc(N2C(N)=C(C#N)C(c3ccc(OC)cc3)C3=C2CCCC3=O)s1. The lowest BCUT2D eigenvalue weighted by molar-refractivity contribution is -0.139. The standard InChI is InChI=1S/C23H23N5O4S2/c1-3-32-18(30)12-33-23-27-26-22(34-23)28-16-5-4-6-17(29)20(16)19(15(11-24)21(28)25)13-7-9-14(31-2)10-8-13/h7-10,19H,3-6,12,25H2,1-2H3. The van der Waals surface area contributed by atoms with Crippen LogP contribution in [0, 0.1) is 11.3 Å². The lowest BCUT2D eigenvalue weighted by Crippen LogP contribution is -2.38. The van der Waals surface area contributed by atoms with Crippen molar-refractivity contribution < 1.29 is 19.1 Å². The Balaban J connectivity index is 1.74. The van der Waals surface area contributed by atoms with Gasteiger partial charge in [-0.1, -0.05) is 35.2 Å². The van der Waals surface area contributed by atoms with E-state index in [1.807, 2.05) is 12.1 Å². The minimum Gasteiger partial charge on any atom is -0.497 e. The Labute approximate surface area is 205 Å². The van der Waals surface area contributed by atoms with E-state index < -0.39 is 5.92 Å². The van der Waals surface area contributed by atoms with E-state index >= 15 is 0 Å². The second-order valence-electron chi connectivity index (χ2n) is 7.53.